The first-order valence-electron chi connectivity index (χ1n) is 10.5. The summed E-state index contributed by atoms with van der Waals surface area (Å²) in [7, 11) is 1.94. The van der Waals surface area contributed by atoms with Crippen LogP contribution in [0.25, 0.3) is 10.2 Å². The van der Waals surface area contributed by atoms with E-state index in [4.69, 9.17) is 4.98 Å². The van der Waals surface area contributed by atoms with Gasteiger partial charge < -0.3 is 10.2 Å². The monoisotopic (exact) mass is 384 g/mol. The third-order valence-electron chi connectivity index (χ3n) is 7.44. The average Bonchev–Trinajstić information content (AvgIpc) is 3.08. The summed E-state index contributed by atoms with van der Waals surface area (Å²) < 4.78 is 1.19. The average molecular weight is 385 g/mol. The molecule has 4 saturated carbocycles. The number of nitrogens with zero attached hydrogens (tertiary/aromatic N) is 2. The molecule has 144 valence electrons. The zero-order valence-electron chi connectivity index (χ0n) is 16.4. The molecule has 0 unspecified atom stereocenters. The summed E-state index contributed by atoms with van der Waals surface area (Å²) in [5.74, 6) is 3.03. The minimum Gasteiger partial charge on any atom is -0.334 e. The van der Waals surface area contributed by atoms with Crippen molar-refractivity contribution in [1.82, 2.24) is 9.88 Å². The van der Waals surface area contributed by atoms with E-state index in [0.29, 0.717) is 12.1 Å². The first kappa shape index (κ1) is 17.6. The van der Waals surface area contributed by atoms with Crippen LogP contribution in [-0.2, 0) is 4.79 Å². The van der Waals surface area contributed by atoms with E-state index in [0.717, 1.165) is 28.3 Å². The van der Waals surface area contributed by atoms with Gasteiger partial charge in [0.05, 0.1) is 21.8 Å². The highest BCUT2D eigenvalue weighted by atomic mass is 32.1. The number of aromatic nitrogens is 1. The lowest BCUT2D eigenvalue weighted by atomic mass is 9.53. The third kappa shape index (κ3) is 3.19. The molecule has 0 radical (unpaired) electrons. The van der Waals surface area contributed by atoms with Gasteiger partial charge in [-0.25, -0.2) is 4.98 Å². The SMILES string of the molecule is C[C@@H](c1nc2ccccc2s1)N(C)C(=O)C[NH2+]C12CC3CC(CC(C3)C1)C2. The van der Waals surface area contributed by atoms with E-state index in [9.17, 15) is 4.79 Å². The summed E-state index contributed by atoms with van der Waals surface area (Å²) in [4.78, 5) is 19.6. The van der Waals surface area contributed by atoms with E-state index in [1.165, 1.54) is 43.2 Å². The largest absolute Gasteiger partial charge is 0.334 e. The molecule has 0 saturated heterocycles. The molecule has 2 aromatic rings. The molecule has 27 heavy (non-hydrogen) atoms. The van der Waals surface area contributed by atoms with Crippen molar-refractivity contribution < 1.29 is 10.1 Å². The number of hydrogen-bond donors (Lipinski definition) is 1. The predicted molar refractivity (Wildman–Crippen MR) is 109 cm³/mol. The van der Waals surface area contributed by atoms with Gasteiger partial charge >= 0.3 is 0 Å². The molecule has 6 rings (SSSR count). The van der Waals surface area contributed by atoms with E-state index in [1.807, 2.05) is 30.1 Å². The summed E-state index contributed by atoms with van der Waals surface area (Å²) in [5.41, 5.74) is 1.40. The number of para-hydroxylation sites is 1. The van der Waals surface area contributed by atoms with Crippen LogP contribution in [0.1, 0.15) is 56.5 Å². The van der Waals surface area contributed by atoms with Gasteiger partial charge in [-0.2, -0.15) is 0 Å². The normalized spacial score (nSPS) is 32.7. The van der Waals surface area contributed by atoms with Gasteiger partial charge in [0, 0.05) is 26.3 Å². The van der Waals surface area contributed by atoms with Crippen LogP contribution in [0, 0.1) is 17.8 Å². The summed E-state index contributed by atoms with van der Waals surface area (Å²) in [6, 6.07) is 8.24. The Labute approximate surface area is 165 Å². The van der Waals surface area contributed by atoms with Crippen molar-refractivity contribution in [3.05, 3.63) is 29.3 Å². The lowest BCUT2D eigenvalue weighted by molar-refractivity contribution is -0.730. The minimum atomic E-state index is 0.0275. The van der Waals surface area contributed by atoms with E-state index in [2.05, 4.69) is 18.3 Å². The van der Waals surface area contributed by atoms with Crippen molar-refractivity contribution >= 4 is 27.5 Å². The zero-order chi connectivity index (χ0) is 18.6. The number of fused-ring (bicyclic) bond motifs is 1. The molecule has 1 aromatic heterocycles. The van der Waals surface area contributed by atoms with Crippen molar-refractivity contribution in [2.75, 3.05) is 13.6 Å². The predicted octanol–water partition coefficient (Wildman–Crippen LogP) is 3.35. The molecule has 4 aliphatic rings. The van der Waals surface area contributed by atoms with Crippen molar-refractivity contribution in [1.29, 1.82) is 0 Å². The topological polar surface area (TPSA) is 49.8 Å². The van der Waals surface area contributed by atoms with Crippen LogP contribution >= 0.6 is 11.3 Å². The van der Waals surface area contributed by atoms with Gasteiger partial charge in [0.1, 0.15) is 5.01 Å². The Kier molecular flexibility index (Phi) is 4.28. The lowest BCUT2D eigenvalue weighted by Crippen LogP contribution is -3.00. The third-order valence-corrected chi connectivity index (χ3v) is 8.64. The number of benzene rings is 1. The summed E-state index contributed by atoms with van der Waals surface area (Å²) in [6.07, 6.45) is 8.37. The van der Waals surface area contributed by atoms with Gasteiger partial charge in [-0.1, -0.05) is 12.1 Å². The Morgan fingerprint density at radius 1 is 1.22 bits per heavy atom. The smallest absolute Gasteiger partial charge is 0.278 e. The van der Waals surface area contributed by atoms with Crippen molar-refractivity contribution in [3.63, 3.8) is 0 Å². The number of rotatable bonds is 5. The first-order valence-corrected chi connectivity index (χ1v) is 11.3. The molecular weight excluding hydrogens is 354 g/mol. The fourth-order valence-electron chi connectivity index (χ4n) is 6.33. The molecule has 4 fully saturated rings. The summed E-state index contributed by atoms with van der Waals surface area (Å²) >= 11 is 1.70. The molecule has 2 N–H and O–H groups in total. The summed E-state index contributed by atoms with van der Waals surface area (Å²) in [6.45, 7) is 2.68. The number of quaternary nitrogens is 1. The highest BCUT2D eigenvalue weighted by molar-refractivity contribution is 7.18. The second-order valence-electron chi connectivity index (χ2n) is 9.39. The maximum Gasteiger partial charge on any atom is 0.278 e. The molecule has 0 aliphatic heterocycles. The van der Waals surface area contributed by atoms with Gasteiger partial charge in [-0.3, -0.25) is 4.79 Å². The number of likely N-dealkylation sites (N-methyl/N-ethyl adjacent to an activating group) is 1. The molecule has 4 bridgehead atoms. The Balaban J connectivity index is 1.24. The number of carbonyl (C=O) groups excluding carboxylic acids is 1. The Morgan fingerprint density at radius 3 is 2.48 bits per heavy atom. The van der Waals surface area contributed by atoms with Gasteiger partial charge in [0.15, 0.2) is 6.54 Å². The zero-order valence-corrected chi connectivity index (χ0v) is 17.2. The van der Waals surface area contributed by atoms with Crippen LogP contribution in [-0.4, -0.2) is 34.9 Å². The van der Waals surface area contributed by atoms with Crippen LogP contribution < -0.4 is 5.32 Å². The Bertz CT molecular complexity index is 792. The van der Waals surface area contributed by atoms with E-state index in [1.54, 1.807) is 11.3 Å². The van der Waals surface area contributed by atoms with Crippen molar-refractivity contribution in [2.45, 2.75) is 57.0 Å². The molecule has 1 heterocycles. The van der Waals surface area contributed by atoms with Gasteiger partial charge in [0.25, 0.3) is 5.91 Å². The first-order chi connectivity index (χ1) is 13.0. The fraction of sp³-hybridized carbons (Fsp3) is 0.636. The number of nitrogens with two attached hydrogens (primary N) is 1. The van der Waals surface area contributed by atoms with Gasteiger partial charge in [-0.05, 0) is 56.1 Å². The van der Waals surface area contributed by atoms with Crippen LogP contribution in [0.3, 0.4) is 0 Å². The lowest BCUT2D eigenvalue weighted by Gasteiger charge is -2.54. The highest BCUT2D eigenvalue weighted by Crippen LogP contribution is 2.54. The number of amides is 1. The van der Waals surface area contributed by atoms with Crippen molar-refractivity contribution in [2.24, 2.45) is 17.8 Å². The number of carbonyl (C=O) groups is 1. The van der Waals surface area contributed by atoms with Crippen LogP contribution in [0.15, 0.2) is 24.3 Å². The van der Waals surface area contributed by atoms with Crippen LogP contribution in [0.5, 0.6) is 0 Å². The molecule has 4 aliphatic carbocycles. The minimum absolute atomic E-state index is 0.0275. The van der Waals surface area contributed by atoms with Crippen LogP contribution in [0.2, 0.25) is 0 Å². The standard InChI is InChI=1S/C22H29N3OS/c1-14(21-24-18-5-3-4-6-19(18)27-21)25(2)20(26)13-23-22-10-15-7-16(11-22)9-17(8-15)12-22/h3-6,14-17,23H,7-13H2,1-2H3/p+1/t14-,15?,16?,17?,22?/m0/s1. The van der Waals surface area contributed by atoms with Gasteiger partial charge in [0.2, 0.25) is 0 Å². The molecule has 5 heteroatoms. The Hall–Kier alpha value is -1.46. The maximum atomic E-state index is 12.9. The summed E-state index contributed by atoms with van der Waals surface area (Å²) in [5, 5.41) is 3.45. The molecule has 1 aromatic carbocycles. The molecule has 0 spiro atoms. The highest BCUT2D eigenvalue weighted by Gasteiger charge is 2.53. The quantitative estimate of drug-likeness (QED) is 0.859. The van der Waals surface area contributed by atoms with E-state index in [-0.39, 0.29) is 11.9 Å². The molecule has 4 nitrogen and oxygen atoms in total. The Morgan fingerprint density at radius 2 is 1.85 bits per heavy atom. The van der Waals surface area contributed by atoms with Crippen molar-refractivity contribution in [3.8, 4) is 0 Å². The van der Waals surface area contributed by atoms with E-state index >= 15 is 0 Å². The second-order valence-corrected chi connectivity index (χ2v) is 10.5. The van der Waals surface area contributed by atoms with Crippen LogP contribution in [0.4, 0.5) is 0 Å². The van der Waals surface area contributed by atoms with E-state index < -0.39 is 0 Å². The number of hydrogen-bond acceptors (Lipinski definition) is 3. The number of thiazole rings is 1. The fourth-order valence-corrected chi connectivity index (χ4v) is 7.39. The molecular formula is C22H30N3OS+. The molecule has 1 amide bonds. The molecule has 1 atom stereocenters. The van der Waals surface area contributed by atoms with Gasteiger partial charge in [-0.15, -0.1) is 11.3 Å². The maximum absolute atomic E-state index is 12.9. The second kappa shape index (κ2) is 6.56.